The van der Waals surface area contributed by atoms with Crippen LogP contribution in [0.25, 0.3) is 5.76 Å². The monoisotopic (exact) mass is 296 g/mol. The van der Waals surface area contributed by atoms with Crippen LogP contribution in [0.4, 0.5) is 0 Å². The predicted octanol–water partition coefficient (Wildman–Crippen LogP) is 2.12. The van der Waals surface area contributed by atoms with Crippen LogP contribution in [0.2, 0.25) is 5.02 Å². The molecule has 0 saturated carbocycles. The lowest BCUT2D eigenvalue weighted by atomic mass is 10.1. The van der Waals surface area contributed by atoms with Crippen LogP contribution in [0.1, 0.15) is 18.9 Å². The summed E-state index contributed by atoms with van der Waals surface area (Å²) in [5.41, 5.74) is 1.17. The van der Waals surface area contributed by atoms with Gasteiger partial charge in [-0.05, 0) is 24.6 Å². The van der Waals surface area contributed by atoms with Crippen LogP contribution in [0.5, 0.6) is 5.75 Å². The number of rotatable bonds is 5. The highest BCUT2D eigenvalue weighted by molar-refractivity contribution is 6.32. The molecule has 0 spiro atoms. The molecule has 0 atom stereocenters. The zero-order chi connectivity index (χ0) is 14.5. The Morgan fingerprint density at radius 1 is 1.55 bits per heavy atom. The third kappa shape index (κ3) is 2.99. The van der Waals surface area contributed by atoms with E-state index in [2.05, 4.69) is 10.6 Å². The van der Waals surface area contributed by atoms with Gasteiger partial charge < -0.3 is 20.1 Å². The number of halogens is 1. The van der Waals surface area contributed by atoms with E-state index in [1.54, 1.807) is 25.3 Å². The van der Waals surface area contributed by atoms with Gasteiger partial charge in [0.25, 0.3) is 5.91 Å². The van der Waals surface area contributed by atoms with Crippen LogP contribution in [-0.2, 0) is 9.53 Å². The fraction of sp³-hybridized carbons (Fsp3) is 0.357. The highest BCUT2D eigenvalue weighted by Gasteiger charge is 2.23. The SMILES string of the molecule is CCCNC(=O)C1=C(c2ccc(OC)c(Cl)c2)OCN1. The molecule has 1 aromatic carbocycles. The lowest BCUT2D eigenvalue weighted by Gasteiger charge is -2.08. The maximum Gasteiger partial charge on any atom is 0.271 e. The second-order valence-electron chi connectivity index (χ2n) is 4.27. The Morgan fingerprint density at radius 3 is 3.00 bits per heavy atom. The minimum absolute atomic E-state index is 0.175. The Balaban J connectivity index is 2.29. The van der Waals surface area contributed by atoms with Gasteiger partial charge in [-0.2, -0.15) is 0 Å². The third-order valence-corrected chi connectivity index (χ3v) is 3.16. The van der Waals surface area contributed by atoms with Crippen LogP contribution in [0, 0.1) is 0 Å². The number of amides is 1. The molecule has 0 aromatic heterocycles. The molecule has 0 aliphatic carbocycles. The lowest BCUT2D eigenvalue weighted by molar-refractivity contribution is -0.117. The van der Waals surface area contributed by atoms with E-state index in [1.165, 1.54) is 0 Å². The molecule has 2 N–H and O–H groups in total. The highest BCUT2D eigenvalue weighted by Crippen LogP contribution is 2.30. The van der Waals surface area contributed by atoms with E-state index in [0.717, 1.165) is 12.0 Å². The van der Waals surface area contributed by atoms with Gasteiger partial charge in [0.1, 0.15) is 11.4 Å². The molecule has 5 nitrogen and oxygen atoms in total. The van der Waals surface area contributed by atoms with Crippen molar-refractivity contribution < 1.29 is 14.3 Å². The van der Waals surface area contributed by atoms with E-state index in [4.69, 9.17) is 21.1 Å². The van der Waals surface area contributed by atoms with Crippen LogP contribution in [0.3, 0.4) is 0 Å². The number of nitrogens with one attached hydrogen (secondary N) is 2. The number of carbonyl (C=O) groups is 1. The number of benzene rings is 1. The van der Waals surface area contributed by atoms with E-state index >= 15 is 0 Å². The van der Waals surface area contributed by atoms with Gasteiger partial charge in [-0.15, -0.1) is 0 Å². The van der Waals surface area contributed by atoms with Crippen molar-refractivity contribution in [3.05, 3.63) is 34.5 Å². The first-order chi connectivity index (χ1) is 9.67. The fourth-order valence-corrected chi connectivity index (χ4v) is 2.14. The zero-order valence-electron chi connectivity index (χ0n) is 11.5. The first-order valence-corrected chi connectivity index (χ1v) is 6.78. The molecule has 0 bridgehead atoms. The normalized spacial score (nSPS) is 13.8. The van der Waals surface area contributed by atoms with Crippen molar-refractivity contribution in [2.24, 2.45) is 0 Å². The average molecular weight is 297 g/mol. The van der Waals surface area contributed by atoms with E-state index < -0.39 is 0 Å². The number of hydrogen-bond acceptors (Lipinski definition) is 4. The summed E-state index contributed by atoms with van der Waals surface area (Å²) in [4.78, 5) is 12.0. The topological polar surface area (TPSA) is 59.6 Å². The summed E-state index contributed by atoms with van der Waals surface area (Å²) in [5.74, 6) is 0.911. The number of carbonyl (C=O) groups excluding carboxylic acids is 1. The summed E-state index contributed by atoms with van der Waals surface area (Å²) in [6.07, 6.45) is 0.879. The van der Waals surface area contributed by atoms with Crippen molar-refractivity contribution >= 4 is 23.3 Å². The maximum absolute atomic E-state index is 12.0. The fourth-order valence-electron chi connectivity index (χ4n) is 1.88. The molecule has 6 heteroatoms. The van der Waals surface area contributed by atoms with Gasteiger partial charge in [0.05, 0.1) is 12.1 Å². The quantitative estimate of drug-likeness (QED) is 0.874. The lowest BCUT2D eigenvalue weighted by Crippen LogP contribution is -2.30. The molecule has 0 unspecified atom stereocenters. The summed E-state index contributed by atoms with van der Waals surface area (Å²) in [5, 5.41) is 6.22. The van der Waals surface area contributed by atoms with E-state index in [-0.39, 0.29) is 12.6 Å². The predicted molar refractivity (Wildman–Crippen MR) is 77.3 cm³/mol. The van der Waals surface area contributed by atoms with Gasteiger partial charge in [-0.25, -0.2) is 0 Å². The molecule has 1 aromatic rings. The molecule has 108 valence electrons. The minimum Gasteiger partial charge on any atom is -0.495 e. The Bertz CT molecular complexity index is 543. The Kier molecular flexibility index (Phi) is 4.74. The van der Waals surface area contributed by atoms with Crippen molar-refractivity contribution in [1.29, 1.82) is 0 Å². The summed E-state index contributed by atoms with van der Waals surface area (Å²) in [6.45, 7) is 2.89. The van der Waals surface area contributed by atoms with Crippen molar-refractivity contribution in [1.82, 2.24) is 10.6 Å². The molecule has 20 heavy (non-hydrogen) atoms. The zero-order valence-corrected chi connectivity index (χ0v) is 12.2. The molecule has 1 amide bonds. The average Bonchev–Trinajstić information content (AvgIpc) is 2.94. The summed E-state index contributed by atoms with van der Waals surface area (Å²) in [6, 6.07) is 5.27. The van der Waals surface area contributed by atoms with Crippen LogP contribution >= 0.6 is 11.6 Å². The highest BCUT2D eigenvalue weighted by atomic mass is 35.5. The number of methoxy groups -OCH3 is 1. The van der Waals surface area contributed by atoms with Crippen LogP contribution < -0.4 is 15.4 Å². The first-order valence-electron chi connectivity index (χ1n) is 6.40. The molecule has 1 aliphatic heterocycles. The summed E-state index contributed by atoms with van der Waals surface area (Å²) < 4.78 is 10.6. The smallest absolute Gasteiger partial charge is 0.271 e. The van der Waals surface area contributed by atoms with Crippen LogP contribution in [-0.4, -0.2) is 26.3 Å². The molecule has 1 heterocycles. The summed E-state index contributed by atoms with van der Waals surface area (Å²) >= 11 is 6.09. The van der Waals surface area contributed by atoms with Crippen molar-refractivity contribution in [2.45, 2.75) is 13.3 Å². The second kappa shape index (κ2) is 6.52. The Morgan fingerprint density at radius 2 is 2.35 bits per heavy atom. The maximum atomic E-state index is 12.0. The molecule has 2 rings (SSSR count). The second-order valence-corrected chi connectivity index (χ2v) is 4.68. The molecule has 0 fully saturated rings. The van der Waals surface area contributed by atoms with Crippen molar-refractivity contribution in [3.8, 4) is 5.75 Å². The first kappa shape index (κ1) is 14.5. The number of ether oxygens (including phenoxy) is 2. The molecular formula is C14H17ClN2O3. The van der Waals surface area contributed by atoms with E-state index in [9.17, 15) is 4.79 Å². The number of hydrogen-bond donors (Lipinski definition) is 2. The minimum atomic E-state index is -0.175. The van der Waals surface area contributed by atoms with Crippen molar-refractivity contribution in [3.63, 3.8) is 0 Å². The van der Waals surface area contributed by atoms with Gasteiger partial charge in [0, 0.05) is 12.1 Å². The van der Waals surface area contributed by atoms with Crippen molar-refractivity contribution in [2.75, 3.05) is 20.4 Å². The third-order valence-electron chi connectivity index (χ3n) is 2.87. The standard InChI is InChI=1S/C14H17ClN2O3/c1-3-6-16-14(18)12-13(20-8-17-12)9-4-5-11(19-2)10(15)7-9/h4-5,7,17H,3,6,8H2,1-2H3,(H,16,18). The van der Waals surface area contributed by atoms with Gasteiger partial charge in [0.15, 0.2) is 12.5 Å². The van der Waals surface area contributed by atoms with Gasteiger partial charge in [0.2, 0.25) is 0 Å². The van der Waals surface area contributed by atoms with E-state index in [0.29, 0.717) is 28.8 Å². The molecular weight excluding hydrogens is 280 g/mol. The van der Waals surface area contributed by atoms with E-state index in [1.807, 2.05) is 6.92 Å². The largest absolute Gasteiger partial charge is 0.495 e. The van der Waals surface area contributed by atoms with Gasteiger partial charge in [-0.3, -0.25) is 4.79 Å². The summed E-state index contributed by atoms with van der Waals surface area (Å²) in [7, 11) is 1.55. The molecule has 0 saturated heterocycles. The van der Waals surface area contributed by atoms with Crippen LogP contribution in [0.15, 0.2) is 23.9 Å². The Hall–Kier alpha value is -1.88. The van der Waals surface area contributed by atoms with Gasteiger partial charge >= 0.3 is 0 Å². The molecule has 0 radical (unpaired) electrons. The molecule has 1 aliphatic rings. The van der Waals surface area contributed by atoms with Gasteiger partial charge in [-0.1, -0.05) is 18.5 Å². The Labute approximate surface area is 122 Å².